The van der Waals surface area contributed by atoms with E-state index in [1.54, 1.807) is 0 Å². The van der Waals surface area contributed by atoms with Crippen LogP contribution in [-0.2, 0) is 4.74 Å². The zero-order chi connectivity index (χ0) is 8.27. The SMILES string of the molecule is COC(=O)c1c[nH][c]nc1=O. The standard InChI is InChI=1S/C6H5N2O3/c1-11-6(10)4-2-7-3-8-5(4)9/h2H,1H3,(H,7,8,9). The van der Waals surface area contributed by atoms with Gasteiger partial charge in [-0.1, -0.05) is 0 Å². The normalized spacial score (nSPS) is 9.18. The van der Waals surface area contributed by atoms with Gasteiger partial charge in [-0.2, -0.15) is 4.98 Å². The topological polar surface area (TPSA) is 72.1 Å². The van der Waals surface area contributed by atoms with E-state index in [1.165, 1.54) is 13.3 Å². The van der Waals surface area contributed by atoms with Crippen LogP contribution in [-0.4, -0.2) is 23.0 Å². The Kier molecular flexibility index (Phi) is 2.00. The Balaban J connectivity index is 3.14. The summed E-state index contributed by atoms with van der Waals surface area (Å²) < 4.78 is 4.30. The highest BCUT2D eigenvalue weighted by atomic mass is 16.5. The second kappa shape index (κ2) is 2.96. The predicted molar refractivity (Wildman–Crippen MR) is 35.0 cm³/mol. The predicted octanol–water partition coefficient (Wildman–Crippen LogP) is -0.643. The van der Waals surface area contributed by atoms with Crippen molar-refractivity contribution in [2.45, 2.75) is 0 Å². The van der Waals surface area contributed by atoms with Crippen LogP contribution >= 0.6 is 0 Å². The Bertz CT molecular complexity index is 318. The Morgan fingerprint density at radius 1 is 1.82 bits per heavy atom. The van der Waals surface area contributed by atoms with Crippen LogP contribution in [0.1, 0.15) is 10.4 Å². The highest BCUT2D eigenvalue weighted by molar-refractivity contribution is 5.88. The molecule has 0 aliphatic carbocycles. The number of carbonyl (C=O) groups is 1. The summed E-state index contributed by atoms with van der Waals surface area (Å²) >= 11 is 0. The number of hydrogen-bond acceptors (Lipinski definition) is 4. The van der Waals surface area contributed by atoms with E-state index in [-0.39, 0.29) is 5.56 Å². The first-order valence-electron chi connectivity index (χ1n) is 2.80. The number of nitrogens with one attached hydrogen (secondary N) is 1. The van der Waals surface area contributed by atoms with E-state index >= 15 is 0 Å². The van der Waals surface area contributed by atoms with E-state index in [1.807, 2.05) is 0 Å². The van der Waals surface area contributed by atoms with E-state index in [0.717, 1.165) is 0 Å². The molecule has 0 atom stereocenters. The number of aromatic nitrogens is 2. The summed E-state index contributed by atoms with van der Waals surface area (Å²) in [5.41, 5.74) is -0.762. The molecule has 1 N–H and O–H groups in total. The molecule has 5 nitrogen and oxygen atoms in total. The molecule has 0 fully saturated rings. The molecule has 0 saturated carbocycles. The molecule has 0 amide bonds. The first kappa shape index (κ1) is 7.46. The quantitative estimate of drug-likeness (QED) is 0.544. The van der Waals surface area contributed by atoms with Gasteiger partial charge in [0.05, 0.1) is 7.11 Å². The number of nitrogens with zero attached hydrogens (tertiary/aromatic N) is 1. The lowest BCUT2D eigenvalue weighted by atomic mass is 10.3. The van der Waals surface area contributed by atoms with E-state index in [0.29, 0.717) is 0 Å². The van der Waals surface area contributed by atoms with E-state index in [9.17, 15) is 9.59 Å². The molecule has 0 aromatic carbocycles. The Labute approximate surface area is 62.0 Å². The minimum Gasteiger partial charge on any atom is -0.465 e. The lowest BCUT2D eigenvalue weighted by molar-refractivity contribution is 0.0598. The fraction of sp³-hybridized carbons (Fsp3) is 0.167. The lowest BCUT2D eigenvalue weighted by Crippen LogP contribution is -2.18. The van der Waals surface area contributed by atoms with Gasteiger partial charge < -0.3 is 9.72 Å². The largest absolute Gasteiger partial charge is 0.465 e. The molecule has 0 saturated heterocycles. The zero-order valence-corrected chi connectivity index (χ0v) is 5.75. The van der Waals surface area contributed by atoms with Gasteiger partial charge in [-0.05, 0) is 0 Å². The monoisotopic (exact) mass is 153 g/mol. The third-order valence-electron chi connectivity index (χ3n) is 1.07. The smallest absolute Gasteiger partial charge is 0.345 e. The molecule has 57 valence electrons. The minimum atomic E-state index is -0.701. The van der Waals surface area contributed by atoms with Gasteiger partial charge in [0.1, 0.15) is 5.56 Å². The first-order valence-corrected chi connectivity index (χ1v) is 2.80. The molecule has 5 heteroatoms. The van der Waals surface area contributed by atoms with Gasteiger partial charge >= 0.3 is 5.97 Å². The molecule has 1 aromatic heterocycles. The zero-order valence-electron chi connectivity index (χ0n) is 5.75. The molecule has 0 aliphatic rings. The molecule has 0 unspecified atom stereocenters. The van der Waals surface area contributed by atoms with Crippen molar-refractivity contribution in [1.29, 1.82) is 0 Å². The van der Waals surface area contributed by atoms with Crippen LogP contribution in [0.25, 0.3) is 0 Å². The van der Waals surface area contributed by atoms with Gasteiger partial charge in [-0.3, -0.25) is 4.79 Å². The van der Waals surface area contributed by atoms with Crippen molar-refractivity contribution < 1.29 is 9.53 Å². The number of H-pyrrole nitrogens is 1. The van der Waals surface area contributed by atoms with Crippen molar-refractivity contribution in [2.24, 2.45) is 0 Å². The van der Waals surface area contributed by atoms with Crippen molar-refractivity contribution in [1.82, 2.24) is 9.97 Å². The number of ether oxygens (including phenoxy) is 1. The molecular weight excluding hydrogens is 148 g/mol. The van der Waals surface area contributed by atoms with Gasteiger partial charge in [-0.15, -0.1) is 0 Å². The number of esters is 1. The summed E-state index contributed by atoms with van der Waals surface area (Å²) in [6.45, 7) is 0. The summed E-state index contributed by atoms with van der Waals surface area (Å²) in [6, 6.07) is 0. The van der Waals surface area contributed by atoms with Crippen LogP contribution in [0.2, 0.25) is 0 Å². The molecule has 0 spiro atoms. The third kappa shape index (κ3) is 1.43. The lowest BCUT2D eigenvalue weighted by Gasteiger charge is -1.93. The van der Waals surface area contributed by atoms with Crippen molar-refractivity contribution in [3.8, 4) is 0 Å². The molecule has 11 heavy (non-hydrogen) atoms. The van der Waals surface area contributed by atoms with E-state index in [4.69, 9.17) is 0 Å². The fourth-order valence-corrected chi connectivity index (χ4v) is 0.566. The van der Waals surface area contributed by atoms with Gasteiger partial charge in [0.15, 0.2) is 6.33 Å². The second-order valence-corrected chi connectivity index (χ2v) is 1.72. The summed E-state index contributed by atoms with van der Waals surface area (Å²) in [5, 5.41) is 0. The minimum absolute atomic E-state index is 0.119. The molecule has 0 aliphatic heterocycles. The Morgan fingerprint density at radius 2 is 2.55 bits per heavy atom. The molecule has 0 bridgehead atoms. The van der Waals surface area contributed by atoms with Gasteiger partial charge in [0, 0.05) is 6.20 Å². The average Bonchev–Trinajstić information content (AvgIpc) is 2.04. The van der Waals surface area contributed by atoms with Crippen LogP contribution in [0.15, 0.2) is 11.0 Å². The van der Waals surface area contributed by atoms with Crippen LogP contribution in [0, 0.1) is 6.33 Å². The number of rotatable bonds is 1. The third-order valence-corrected chi connectivity index (χ3v) is 1.07. The molecule has 1 rings (SSSR count). The van der Waals surface area contributed by atoms with Crippen molar-refractivity contribution in [2.75, 3.05) is 7.11 Å². The van der Waals surface area contributed by atoms with E-state index in [2.05, 4.69) is 21.0 Å². The maximum Gasteiger partial charge on any atom is 0.345 e. The number of hydrogen-bond donors (Lipinski definition) is 1. The van der Waals surface area contributed by atoms with Crippen molar-refractivity contribution in [3.63, 3.8) is 0 Å². The van der Waals surface area contributed by atoms with Crippen LogP contribution in [0.5, 0.6) is 0 Å². The highest BCUT2D eigenvalue weighted by Gasteiger charge is 2.09. The molecular formula is C6H5N2O3. The van der Waals surface area contributed by atoms with Crippen LogP contribution in [0.3, 0.4) is 0 Å². The van der Waals surface area contributed by atoms with Crippen molar-refractivity contribution >= 4 is 5.97 Å². The van der Waals surface area contributed by atoms with Gasteiger partial charge in [0.2, 0.25) is 0 Å². The fourth-order valence-electron chi connectivity index (χ4n) is 0.566. The maximum atomic E-state index is 10.8. The van der Waals surface area contributed by atoms with Gasteiger partial charge in [-0.25, -0.2) is 4.79 Å². The second-order valence-electron chi connectivity index (χ2n) is 1.72. The van der Waals surface area contributed by atoms with E-state index < -0.39 is 11.5 Å². The summed E-state index contributed by atoms with van der Waals surface area (Å²) in [6.07, 6.45) is 3.38. The van der Waals surface area contributed by atoms with Crippen LogP contribution in [0.4, 0.5) is 0 Å². The Morgan fingerprint density at radius 3 is 3.09 bits per heavy atom. The highest BCUT2D eigenvalue weighted by Crippen LogP contribution is 1.87. The summed E-state index contributed by atoms with van der Waals surface area (Å²) in [4.78, 5) is 27.1. The molecule has 1 radical (unpaired) electrons. The molecule has 1 aromatic rings. The summed E-state index contributed by atoms with van der Waals surface area (Å²) in [5.74, 6) is -0.701. The number of methoxy groups -OCH3 is 1. The maximum absolute atomic E-state index is 10.8. The van der Waals surface area contributed by atoms with Crippen molar-refractivity contribution in [3.05, 3.63) is 28.4 Å². The van der Waals surface area contributed by atoms with Gasteiger partial charge in [0.25, 0.3) is 5.56 Å². The first-order chi connectivity index (χ1) is 5.25. The number of carbonyl (C=O) groups excluding carboxylic acids is 1. The summed E-state index contributed by atoms with van der Waals surface area (Å²) in [7, 11) is 1.19. The molecule has 1 heterocycles. The number of aromatic amines is 1. The van der Waals surface area contributed by atoms with Crippen LogP contribution < -0.4 is 5.56 Å². The average molecular weight is 153 g/mol. The Hall–Kier alpha value is -1.65.